The molecule has 0 atom stereocenters. The van der Waals surface area contributed by atoms with Crippen LogP contribution in [0, 0.1) is 17.0 Å². The van der Waals surface area contributed by atoms with E-state index in [0.29, 0.717) is 24.1 Å². The number of benzene rings is 1. The first-order chi connectivity index (χ1) is 9.58. The van der Waals surface area contributed by atoms with Crippen molar-refractivity contribution in [3.05, 3.63) is 51.8 Å². The maximum Gasteiger partial charge on any atom is 0.269 e. The standard InChI is InChI=1S/C13H14N4O3/c1-9-15-12(7-13(16-9)20-2)14-8-10-3-5-11(6-4-10)17(18)19/h3-7H,8H2,1-2H3,(H,14,15,16). The van der Waals surface area contributed by atoms with Gasteiger partial charge in [0.05, 0.1) is 12.0 Å². The van der Waals surface area contributed by atoms with Crippen molar-refractivity contribution in [2.24, 2.45) is 0 Å². The Morgan fingerprint density at radius 1 is 1.30 bits per heavy atom. The summed E-state index contributed by atoms with van der Waals surface area (Å²) in [5.74, 6) is 1.74. The van der Waals surface area contributed by atoms with Crippen molar-refractivity contribution in [2.75, 3.05) is 12.4 Å². The fourth-order valence-corrected chi connectivity index (χ4v) is 1.66. The summed E-state index contributed by atoms with van der Waals surface area (Å²) < 4.78 is 5.06. The minimum atomic E-state index is -0.421. The third-order valence-electron chi connectivity index (χ3n) is 2.64. The van der Waals surface area contributed by atoms with Gasteiger partial charge in [0.1, 0.15) is 11.6 Å². The van der Waals surface area contributed by atoms with Gasteiger partial charge in [0.15, 0.2) is 0 Å². The highest BCUT2D eigenvalue weighted by molar-refractivity contribution is 5.40. The Bertz CT molecular complexity index is 614. The fraction of sp³-hybridized carbons (Fsp3) is 0.231. The van der Waals surface area contributed by atoms with E-state index >= 15 is 0 Å². The van der Waals surface area contributed by atoms with Crippen molar-refractivity contribution in [1.29, 1.82) is 0 Å². The molecular formula is C13H14N4O3. The molecule has 1 aromatic carbocycles. The van der Waals surface area contributed by atoms with Crippen molar-refractivity contribution in [3.63, 3.8) is 0 Å². The number of aromatic nitrogens is 2. The van der Waals surface area contributed by atoms with Crippen LogP contribution in [0.3, 0.4) is 0 Å². The van der Waals surface area contributed by atoms with Crippen LogP contribution in [0.4, 0.5) is 11.5 Å². The highest BCUT2D eigenvalue weighted by Crippen LogP contribution is 2.15. The molecule has 2 rings (SSSR count). The molecule has 7 nitrogen and oxygen atoms in total. The Hall–Kier alpha value is -2.70. The number of nitrogens with zero attached hydrogens (tertiary/aromatic N) is 3. The molecular weight excluding hydrogens is 260 g/mol. The second-order valence-corrected chi connectivity index (χ2v) is 4.12. The topological polar surface area (TPSA) is 90.2 Å². The number of non-ortho nitro benzene ring substituents is 1. The van der Waals surface area contributed by atoms with Gasteiger partial charge in [-0.05, 0) is 12.5 Å². The Labute approximate surface area is 115 Å². The Morgan fingerprint density at radius 2 is 2.00 bits per heavy atom. The lowest BCUT2D eigenvalue weighted by molar-refractivity contribution is -0.384. The molecule has 1 heterocycles. The summed E-state index contributed by atoms with van der Waals surface area (Å²) >= 11 is 0. The predicted molar refractivity (Wildman–Crippen MR) is 73.7 cm³/mol. The summed E-state index contributed by atoms with van der Waals surface area (Å²) in [5, 5.41) is 13.7. The number of ether oxygens (including phenoxy) is 1. The zero-order valence-corrected chi connectivity index (χ0v) is 11.2. The molecule has 0 spiro atoms. The summed E-state index contributed by atoms with van der Waals surface area (Å²) in [6.07, 6.45) is 0. The first-order valence-electron chi connectivity index (χ1n) is 5.95. The van der Waals surface area contributed by atoms with Crippen LogP contribution in [0.15, 0.2) is 30.3 Å². The molecule has 104 valence electrons. The number of hydrogen-bond donors (Lipinski definition) is 1. The minimum Gasteiger partial charge on any atom is -0.481 e. The van der Waals surface area contributed by atoms with Gasteiger partial charge in [-0.15, -0.1) is 0 Å². The molecule has 0 aliphatic heterocycles. The smallest absolute Gasteiger partial charge is 0.269 e. The quantitative estimate of drug-likeness (QED) is 0.664. The summed E-state index contributed by atoms with van der Waals surface area (Å²) in [6, 6.07) is 8.05. The summed E-state index contributed by atoms with van der Waals surface area (Å²) in [6.45, 7) is 2.29. The van der Waals surface area contributed by atoms with Crippen molar-refractivity contribution in [3.8, 4) is 5.88 Å². The van der Waals surface area contributed by atoms with Gasteiger partial charge in [-0.3, -0.25) is 10.1 Å². The monoisotopic (exact) mass is 274 g/mol. The van der Waals surface area contributed by atoms with Crippen LogP contribution in [-0.4, -0.2) is 22.0 Å². The highest BCUT2D eigenvalue weighted by atomic mass is 16.6. The van der Waals surface area contributed by atoms with Gasteiger partial charge in [-0.25, -0.2) is 4.98 Å². The molecule has 2 aromatic rings. The minimum absolute atomic E-state index is 0.0771. The van der Waals surface area contributed by atoms with Crippen LogP contribution in [-0.2, 0) is 6.54 Å². The van der Waals surface area contributed by atoms with E-state index in [1.54, 1.807) is 32.2 Å². The molecule has 1 N–H and O–H groups in total. The first kappa shape index (κ1) is 13.7. The second kappa shape index (κ2) is 5.96. The van der Waals surface area contributed by atoms with Crippen LogP contribution < -0.4 is 10.1 Å². The van der Waals surface area contributed by atoms with Gasteiger partial charge in [0.2, 0.25) is 5.88 Å². The molecule has 0 aliphatic rings. The molecule has 0 fully saturated rings. The van der Waals surface area contributed by atoms with Crippen LogP contribution in [0.5, 0.6) is 5.88 Å². The highest BCUT2D eigenvalue weighted by Gasteiger charge is 2.05. The average molecular weight is 274 g/mol. The van der Waals surface area contributed by atoms with Crippen LogP contribution in [0.1, 0.15) is 11.4 Å². The van der Waals surface area contributed by atoms with Gasteiger partial charge in [-0.2, -0.15) is 4.98 Å². The Balaban J connectivity index is 2.04. The lowest BCUT2D eigenvalue weighted by Crippen LogP contribution is -2.04. The Kier molecular flexibility index (Phi) is 4.09. The molecule has 0 saturated heterocycles. The van der Waals surface area contributed by atoms with Crippen molar-refractivity contribution < 1.29 is 9.66 Å². The van der Waals surface area contributed by atoms with E-state index in [9.17, 15) is 10.1 Å². The summed E-state index contributed by atoms with van der Waals surface area (Å²) in [4.78, 5) is 18.5. The molecule has 1 aromatic heterocycles. The SMILES string of the molecule is COc1cc(NCc2ccc([N+](=O)[O-])cc2)nc(C)n1. The van der Waals surface area contributed by atoms with Gasteiger partial charge >= 0.3 is 0 Å². The molecule has 0 radical (unpaired) electrons. The predicted octanol–water partition coefficient (Wildman–Crippen LogP) is 2.31. The van der Waals surface area contributed by atoms with E-state index in [0.717, 1.165) is 5.56 Å². The number of aryl methyl sites for hydroxylation is 1. The van der Waals surface area contributed by atoms with Crippen molar-refractivity contribution in [1.82, 2.24) is 9.97 Å². The number of hydrogen-bond acceptors (Lipinski definition) is 6. The van der Waals surface area contributed by atoms with E-state index in [4.69, 9.17) is 4.74 Å². The number of nitro groups is 1. The number of anilines is 1. The van der Waals surface area contributed by atoms with Crippen LogP contribution in [0.25, 0.3) is 0 Å². The first-order valence-corrected chi connectivity index (χ1v) is 5.95. The lowest BCUT2D eigenvalue weighted by atomic mass is 10.2. The molecule has 0 aliphatic carbocycles. The number of nitro benzene ring substituents is 1. The van der Waals surface area contributed by atoms with E-state index in [-0.39, 0.29) is 5.69 Å². The largest absolute Gasteiger partial charge is 0.481 e. The van der Waals surface area contributed by atoms with E-state index < -0.39 is 4.92 Å². The molecule has 0 unspecified atom stereocenters. The van der Waals surface area contributed by atoms with Crippen LogP contribution in [0.2, 0.25) is 0 Å². The maximum atomic E-state index is 10.6. The number of rotatable bonds is 5. The van der Waals surface area contributed by atoms with Gasteiger partial charge in [-0.1, -0.05) is 12.1 Å². The fourth-order valence-electron chi connectivity index (χ4n) is 1.66. The number of nitrogens with one attached hydrogen (secondary N) is 1. The normalized spacial score (nSPS) is 10.1. The zero-order chi connectivity index (χ0) is 14.5. The Morgan fingerprint density at radius 3 is 2.60 bits per heavy atom. The zero-order valence-electron chi connectivity index (χ0n) is 11.2. The second-order valence-electron chi connectivity index (χ2n) is 4.12. The average Bonchev–Trinajstić information content (AvgIpc) is 2.45. The van der Waals surface area contributed by atoms with Gasteiger partial charge < -0.3 is 10.1 Å². The maximum absolute atomic E-state index is 10.6. The van der Waals surface area contributed by atoms with E-state index in [2.05, 4.69) is 15.3 Å². The van der Waals surface area contributed by atoms with E-state index in [1.807, 2.05) is 0 Å². The molecule has 20 heavy (non-hydrogen) atoms. The van der Waals surface area contributed by atoms with Gasteiger partial charge in [0, 0.05) is 24.7 Å². The lowest BCUT2D eigenvalue weighted by Gasteiger charge is -2.08. The van der Waals surface area contributed by atoms with Crippen molar-refractivity contribution in [2.45, 2.75) is 13.5 Å². The summed E-state index contributed by atoms with van der Waals surface area (Å²) in [7, 11) is 1.54. The summed E-state index contributed by atoms with van der Waals surface area (Å²) in [5.41, 5.74) is 0.999. The molecule has 7 heteroatoms. The third-order valence-corrected chi connectivity index (χ3v) is 2.64. The third kappa shape index (κ3) is 3.41. The van der Waals surface area contributed by atoms with Gasteiger partial charge in [0.25, 0.3) is 5.69 Å². The molecule has 0 saturated carbocycles. The molecule has 0 bridgehead atoms. The van der Waals surface area contributed by atoms with Crippen molar-refractivity contribution >= 4 is 11.5 Å². The molecule has 0 amide bonds. The van der Waals surface area contributed by atoms with Crippen LogP contribution >= 0.6 is 0 Å². The number of methoxy groups -OCH3 is 1. The van der Waals surface area contributed by atoms with E-state index in [1.165, 1.54) is 12.1 Å².